The van der Waals surface area contributed by atoms with Gasteiger partial charge in [0.2, 0.25) is 0 Å². The van der Waals surface area contributed by atoms with Crippen LogP contribution in [0.4, 0.5) is 15.8 Å². The fourth-order valence-corrected chi connectivity index (χ4v) is 3.37. The van der Waals surface area contributed by atoms with Gasteiger partial charge in [-0.15, -0.1) is 0 Å². The number of carbonyl (C=O) groups excluding carboxylic acids is 1. The van der Waals surface area contributed by atoms with E-state index in [0.717, 1.165) is 11.6 Å². The lowest BCUT2D eigenvalue weighted by molar-refractivity contribution is -0.384. The third-order valence-electron chi connectivity index (χ3n) is 4.73. The Hall–Kier alpha value is -4.37. The molecule has 35 heavy (non-hydrogen) atoms. The van der Waals surface area contributed by atoms with Crippen molar-refractivity contribution < 1.29 is 28.0 Å². The van der Waals surface area contributed by atoms with E-state index in [0.29, 0.717) is 11.5 Å². The number of nitro groups is 1. The summed E-state index contributed by atoms with van der Waals surface area (Å²) in [6.07, 6.45) is 0. The van der Waals surface area contributed by atoms with Gasteiger partial charge >= 0.3 is 0 Å². The standard InChI is InChI=1S/C25H18ClFN2O6/c1-15-3-2-4-19(9-15)34-21-12-17(11-18(13-21)29(31)32)28-25(30)24-8-6-20(35-24)14-33-23-7-5-16(27)10-22(23)26/h2-13H,14H2,1H3,(H,28,30). The van der Waals surface area contributed by atoms with Crippen LogP contribution in [0.25, 0.3) is 0 Å². The molecule has 0 unspecified atom stereocenters. The maximum absolute atomic E-state index is 13.2. The Balaban J connectivity index is 1.46. The minimum atomic E-state index is -0.627. The Morgan fingerprint density at radius 1 is 1.09 bits per heavy atom. The number of nitro benzene ring substituents is 1. The van der Waals surface area contributed by atoms with Gasteiger partial charge in [0, 0.05) is 12.1 Å². The van der Waals surface area contributed by atoms with Gasteiger partial charge in [-0.3, -0.25) is 14.9 Å². The summed E-state index contributed by atoms with van der Waals surface area (Å²) in [5.74, 6) is 0.100. The summed E-state index contributed by atoms with van der Waals surface area (Å²) in [7, 11) is 0. The van der Waals surface area contributed by atoms with Crippen LogP contribution in [0, 0.1) is 22.9 Å². The highest BCUT2D eigenvalue weighted by Gasteiger charge is 2.17. The summed E-state index contributed by atoms with van der Waals surface area (Å²) < 4.78 is 29.9. The molecule has 178 valence electrons. The fraction of sp³-hybridized carbons (Fsp3) is 0.0800. The number of ether oxygens (including phenoxy) is 2. The van der Waals surface area contributed by atoms with Crippen molar-refractivity contribution in [3.8, 4) is 17.2 Å². The molecular formula is C25H18ClFN2O6. The van der Waals surface area contributed by atoms with Gasteiger partial charge in [-0.25, -0.2) is 4.39 Å². The number of benzene rings is 3. The van der Waals surface area contributed by atoms with E-state index in [4.69, 9.17) is 25.5 Å². The molecular weight excluding hydrogens is 479 g/mol. The number of amides is 1. The average molecular weight is 497 g/mol. The maximum atomic E-state index is 13.2. The molecule has 1 N–H and O–H groups in total. The summed E-state index contributed by atoms with van der Waals surface area (Å²) in [5.41, 5.74) is 0.857. The topological polar surface area (TPSA) is 104 Å². The molecule has 1 heterocycles. The molecule has 0 radical (unpaired) electrons. The van der Waals surface area contributed by atoms with Crippen molar-refractivity contribution in [2.24, 2.45) is 0 Å². The summed E-state index contributed by atoms with van der Waals surface area (Å²) in [6.45, 7) is 1.84. The Morgan fingerprint density at radius 2 is 1.91 bits per heavy atom. The number of nitrogens with zero attached hydrogens (tertiary/aromatic N) is 1. The van der Waals surface area contributed by atoms with Crippen molar-refractivity contribution in [1.29, 1.82) is 0 Å². The van der Waals surface area contributed by atoms with Gasteiger partial charge in [-0.2, -0.15) is 0 Å². The van der Waals surface area contributed by atoms with Crippen LogP contribution in [-0.2, 0) is 6.61 Å². The van der Waals surface area contributed by atoms with E-state index in [1.807, 2.05) is 13.0 Å². The minimum Gasteiger partial charge on any atom is -0.484 e. The first-order valence-electron chi connectivity index (χ1n) is 10.3. The molecule has 0 bridgehead atoms. The largest absolute Gasteiger partial charge is 0.484 e. The Bertz CT molecular complexity index is 1400. The fourth-order valence-electron chi connectivity index (χ4n) is 3.15. The number of carbonyl (C=O) groups is 1. The van der Waals surface area contributed by atoms with Crippen molar-refractivity contribution in [2.45, 2.75) is 13.5 Å². The molecule has 1 amide bonds. The Morgan fingerprint density at radius 3 is 2.66 bits per heavy atom. The summed E-state index contributed by atoms with van der Waals surface area (Å²) in [6, 6.07) is 17.8. The first kappa shape index (κ1) is 23.8. The van der Waals surface area contributed by atoms with Crippen LogP contribution in [0.5, 0.6) is 17.2 Å². The Labute approximate surface area is 204 Å². The second kappa shape index (κ2) is 10.3. The van der Waals surface area contributed by atoms with E-state index < -0.39 is 16.6 Å². The van der Waals surface area contributed by atoms with Crippen molar-refractivity contribution in [3.63, 3.8) is 0 Å². The lowest BCUT2D eigenvalue weighted by atomic mass is 10.2. The number of halogens is 2. The zero-order chi connectivity index (χ0) is 24.9. The number of anilines is 1. The van der Waals surface area contributed by atoms with Gasteiger partial charge in [0.25, 0.3) is 11.6 Å². The molecule has 4 aromatic rings. The van der Waals surface area contributed by atoms with Gasteiger partial charge in [-0.05, 0) is 55.0 Å². The molecule has 3 aromatic carbocycles. The van der Waals surface area contributed by atoms with Crippen LogP contribution in [0.3, 0.4) is 0 Å². The molecule has 10 heteroatoms. The molecule has 0 atom stereocenters. The predicted octanol–water partition coefficient (Wildman–Crippen LogP) is 6.91. The third-order valence-corrected chi connectivity index (χ3v) is 5.03. The first-order chi connectivity index (χ1) is 16.8. The molecule has 0 aliphatic rings. The van der Waals surface area contributed by atoms with E-state index in [1.165, 1.54) is 42.5 Å². The number of rotatable bonds is 8. The van der Waals surface area contributed by atoms with E-state index in [2.05, 4.69) is 5.32 Å². The SMILES string of the molecule is Cc1cccc(Oc2cc(NC(=O)c3ccc(COc4ccc(F)cc4Cl)o3)cc([N+](=O)[O-])c2)c1. The number of furan rings is 1. The maximum Gasteiger partial charge on any atom is 0.291 e. The smallest absolute Gasteiger partial charge is 0.291 e. The van der Waals surface area contributed by atoms with Crippen LogP contribution < -0.4 is 14.8 Å². The molecule has 1 aromatic heterocycles. The Kier molecular flexibility index (Phi) is 6.98. The highest BCUT2D eigenvalue weighted by molar-refractivity contribution is 6.32. The molecule has 0 aliphatic heterocycles. The third kappa shape index (κ3) is 6.15. The van der Waals surface area contributed by atoms with Gasteiger partial charge in [-0.1, -0.05) is 23.7 Å². The number of aryl methyl sites for hydroxylation is 1. The molecule has 0 spiro atoms. The summed E-state index contributed by atoms with van der Waals surface area (Å²) in [4.78, 5) is 23.5. The number of nitrogens with one attached hydrogen (secondary N) is 1. The van der Waals surface area contributed by atoms with Gasteiger partial charge in [0.15, 0.2) is 5.76 Å². The van der Waals surface area contributed by atoms with Crippen LogP contribution in [0.15, 0.2) is 77.2 Å². The van der Waals surface area contributed by atoms with Crippen LogP contribution in [0.2, 0.25) is 5.02 Å². The normalized spacial score (nSPS) is 10.6. The lowest BCUT2D eigenvalue weighted by Gasteiger charge is -2.09. The minimum absolute atomic E-state index is 0.0403. The number of hydrogen-bond donors (Lipinski definition) is 1. The highest BCUT2D eigenvalue weighted by atomic mass is 35.5. The lowest BCUT2D eigenvalue weighted by Crippen LogP contribution is -2.11. The monoisotopic (exact) mass is 496 g/mol. The van der Waals surface area contributed by atoms with Crippen molar-refractivity contribution in [2.75, 3.05) is 5.32 Å². The predicted molar refractivity (Wildman–Crippen MR) is 127 cm³/mol. The zero-order valence-corrected chi connectivity index (χ0v) is 19.0. The zero-order valence-electron chi connectivity index (χ0n) is 18.3. The molecule has 0 saturated carbocycles. The van der Waals surface area contributed by atoms with E-state index in [1.54, 1.807) is 18.2 Å². The number of non-ortho nitro benzene ring substituents is 1. The van der Waals surface area contributed by atoms with Crippen LogP contribution in [0.1, 0.15) is 21.9 Å². The van der Waals surface area contributed by atoms with Crippen LogP contribution in [-0.4, -0.2) is 10.8 Å². The summed E-state index contributed by atoms with van der Waals surface area (Å²) >= 11 is 5.93. The highest BCUT2D eigenvalue weighted by Crippen LogP contribution is 2.31. The van der Waals surface area contributed by atoms with Crippen molar-refractivity contribution in [1.82, 2.24) is 0 Å². The van der Waals surface area contributed by atoms with E-state index >= 15 is 0 Å². The van der Waals surface area contributed by atoms with Gasteiger partial charge in [0.1, 0.15) is 35.4 Å². The average Bonchev–Trinajstić information content (AvgIpc) is 3.27. The molecule has 4 rings (SSSR count). The van der Waals surface area contributed by atoms with Crippen LogP contribution >= 0.6 is 11.6 Å². The molecule has 0 fully saturated rings. The van der Waals surface area contributed by atoms with Gasteiger partial charge in [0.05, 0.1) is 21.7 Å². The van der Waals surface area contributed by atoms with Gasteiger partial charge < -0.3 is 19.2 Å². The molecule has 0 saturated heterocycles. The molecule has 8 nitrogen and oxygen atoms in total. The summed E-state index contributed by atoms with van der Waals surface area (Å²) in [5, 5.41) is 14.1. The van der Waals surface area contributed by atoms with E-state index in [9.17, 15) is 19.3 Å². The number of hydrogen-bond acceptors (Lipinski definition) is 6. The first-order valence-corrected chi connectivity index (χ1v) is 10.7. The van der Waals surface area contributed by atoms with E-state index in [-0.39, 0.29) is 40.3 Å². The van der Waals surface area contributed by atoms with Crippen molar-refractivity contribution in [3.05, 3.63) is 111 Å². The van der Waals surface area contributed by atoms with Crippen molar-refractivity contribution >= 4 is 28.9 Å². The molecule has 0 aliphatic carbocycles. The second-order valence-corrected chi connectivity index (χ2v) is 7.88. The quantitative estimate of drug-likeness (QED) is 0.210. The second-order valence-electron chi connectivity index (χ2n) is 7.47.